The minimum absolute atomic E-state index is 0.0248. The van der Waals surface area contributed by atoms with Crippen molar-refractivity contribution in [1.29, 1.82) is 0 Å². The van der Waals surface area contributed by atoms with Gasteiger partial charge < -0.3 is 14.6 Å². The van der Waals surface area contributed by atoms with E-state index in [1.807, 2.05) is 30.3 Å². The fourth-order valence-electron chi connectivity index (χ4n) is 2.30. The van der Waals surface area contributed by atoms with Crippen LogP contribution in [0.2, 0.25) is 0 Å². The molecule has 2 aromatic rings. The van der Waals surface area contributed by atoms with Crippen molar-refractivity contribution in [3.8, 4) is 0 Å². The summed E-state index contributed by atoms with van der Waals surface area (Å²) in [5.41, 5.74) is 1.42. The zero-order chi connectivity index (χ0) is 17.4. The second kappa shape index (κ2) is 8.91. The highest BCUT2D eigenvalue weighted by atomic mass is 16.3. The van der Waals surface area contributed by atoms with E-state index in [0.717, 1.165) is 12.0 Å². The smallest absolute Gasteiger partial charge is 0.257 e. The number of rotatable bonds is 8. The molecule has 0 fully saturated rings. The lowest BCUT2D eigenvalue weighted by Gasteiger charge is -2.22. The molecule has 1 aromatic carbocycles. The molecule has 0 spiro atoms. The lowest BCUT2D eigenvalue weighted by Crippen LogP contribution is -2.40. The van der Waals surface area contributed by atoms with Crippen LogP contribution < -0.4 is 5.32 Å². The van der Waals surface area contributed by atoms with Crippen LogP contribution in [-0.4, -0.2) is 29.8 Å². The van der Waals surface area contributed by atoms with Crippen LogP contribution in [0.25, 0.3) is 0 Å². The van der Waals surface area contributed by atoms with Crippen molar-refractivity contribution >= 4 is 11.8 Å². The summed E-state index contributed by atoms with van der Waals surface area (Å²) in [5, 5.41) is 2.87. The highest BCUT2D eigenvalue weighted by molar-refractivity contribution is 5.96. The molecule has 2 amide bonds. The van der Waals surface area contributed by atoms with E-state index in [9.17, 15) is 9.59 Å². The third-order valence-electron chi connectivity index (χ3n) is 3.65. The van der Waals surface area contributed by atoms with Crippen molar-refractivity contribution in [2.24, 2.45) is 5.92 Å². The Kier molecular flexibility index (Phi) is 6.61. The van der Waals surface area contributed by atoms with E-state index in [1.165, 1.54) is 17.4 Å². The Morgan fingerprint density at radius 1 is 1.17 bits per heavy atom. The lowest BCUT2D eigenvalue weighted by atomic mass is 10.1. The highest BCUT2D eigenvalue weighted by Crippen LogP contribution is 2.10. The zero-order valence-electron chi connectivity index (χ0n) is 14.2. The number of carbonyl (C=O) groups excluding carboxylic acids is 2. The highest BCUT2D eigenvalue weighted by Gasteiger charge is 2.20. The Morgan fingerprint density at radius 3 is 2.54 bits per heavy atom. The van der Waals surface area contributed by atoms with Gasteiger partial charge in [-0.05, 0) is 24.0 Å². The van der Waals surface area contributed by atoms with E-state index < -0.39 is 0 Å². The minimum Gasteiger partial charge on any atom is -0.472 e. The van der Waals surface area contributed by atoms with Gasteiger partial charge in [-0.3, -0.25) is 9.59 Å². The zero-order valence-corrected chi connectivity index (χ0v) is 14.2. The van der Waals surface area contributed by atoms with Crippen LogP contribution in [0.1, 0.15) is 36.2 Å². The molecule has 5 heteroatoms. The molecular weight excluding hydrogens is 304 g/mol. The van der Waals surface area contributed by atoms with Crippen LogP contribution in [0.5, 0.6) is 0 Å². The number of amides is 2. The van der Waals surface area contributed by atoms with Gasteiger partial charge in [0.05, 0.1) is 11.8 Å². The average molecular weight is 328 g/mol. The molecule has 0 saturated carbocycles. The molecule has 1 aromatic heterocycles. The van der Waals surface area contributed by atoms with Crippen LogP contribution in [0.3, 0.4) is 0 Å². The summed E-state index contributed by atoms with van der Waals surface area (Å²) in [6, 6.07) is 11.2. The monoisotopic (exact) mass is 328 g/mol. The second-order valence-electron chi connectivity index (χ2n) is 6.19. The Balaban J connectivity index is 2.02. The third kappa shape index (κ3) is 5.57. The average Bonchev–Trinajstić information content (AvgIpc) is 3.08. The summed E-state index contributed by atoms with van der Waals surface area (Å²) in [4.78, 5) is 26.3. The van der Waals surface area contributed by atoms with Crippen molar-refractivity contribution in [2.45, 2.75) is 26.8 Å². The van der Waals surface area contributed by atoms with E-state index in [0.29, 0.717) is 24.6 Å². The molecule has 24 heavy (non-hydrogen) atoms. The molecule has 128 valence electrons. The molecule has 1 N–H and O–H groups in total. The number of carbonyl (C=O) groups is 2. The fourth-order valence-corrected chi connectivity index (χ4v) is 2.30. The van der Waals surface area contributed by atoms with E-state index >= 15 is 0 Å². The van der Waals surface area contributed by atoms with E-state index in [4.69, 9.17) is 4.42 Å². The first-order valence-electron chi connectivity index (χ1n) is 8.18. The number of hydrogen-bond acceptors (Lipinski definition) is 3. The number of nitrogens with one attached hydrogen (secondary N) is 1. The maximum absolute atomic E-state index is 12.6. The first-order chi connectivity index (χ1) is 11.6. The maximum atomic E-state index is 12.6. The van der Waals surface area contributed by atoms with Crippen molar-refractivity contribution in [1.82, 2.24) is 10.2 Å². The first kappa shape index (κ1) is 17.8. The first-order valence-corrected chi connectivity index (χ1v) is 8.18. The summed E-state index contributed by atoms with van der Waals surface area (Å²) < 4.78 is 4.98. The van der Waals surface area contributed by atoms with Crippen LogP contribution in [0.15, 0.2) is 53.3 Å². The van der Waals surface area contributed by atoms with Crippen LogP contribution in [0, 0.1) is 5.92 Å². The molecule has 0 unspecified atom stereocenters. The normalized spacial score (nSPS) is 10.6. The quantitative estimate of drug-likeness (QED) is 0.810. The summed E-state index contributed by atoms with van der Waals surface area (Å²) >= 11 is 0. The molecule has 5 nitrogen and oxygen atoms in total. The van der Waals surface area contributed by atoms with Gasteiger partial charge in [0.1, 0.15) is 12.8 Å². The third-order valence-corrected chi connectivity index (χ3v) is 3.65. The number of hydrogen-bond donors (Lipinski definition) is 1. The largest absolute Gasteiger partial charge is 0.472 e. The van der Waals surface area contributed by atoms with Gasteiger partial charge in [-0.2, -0.15) is 0 Å². The van der Waals surface area contributed by atoms with Crippen LogP contribution in [0.4, 0.5) is 0 Å². The Morgan fingerprint density at radius 2 is 1.92 bits per heavy atom. The van der Waals surface area contributed by atoms with Gasteiger partial charge in [0.25, 0.3) is 5.91 Å². The molecular formula is C19H24N2O3. The van der Waals surface area contributed by atoms with Crippen molar-refractivity contribution < 1.29 is 14.0 Å². The standard InChI is InChI=1S/C19H24N2O3/c1-15(2)8-10-20-18(22)13-21(12-16-6-4-3-5-7-16)19(23)17-9-11-24-14-17/h3-7,9,11,14-15H,8,10,12-13H2,1-2H3,(H,20,22). The number of nitrogens with zero attached hydrogens (tertiary/aromatic N) is 1. The summed E-state index contributed by atoms with van der Waals surface area (Å²) in [5.74, 6) is 0.160. The summed E-state index contributed by atoms with van der Waals surface area (Å²) in [6.45, 7) is 5.24. The molecule has 2 rings (SSSR count). The predicted molar refractivity (Wildman–Crippen MR) is 92.4 cm³/mol. The van der Waals surface area contributed by atoms with Gasteiger partial charge in [-0.25, -0.2) is 0 Å². The molecule has 0 radical (unpaired) electrons. The number of benzene rings is 1. The molecule has 0 aliphatic rings. The maximum Gasteiger partial charge on any atom is 0.257 e. The summed E-state index contributed by atoms with van der Waals surface area (Å²) in [7, 11) is 0. The van der Waals surface area contributed by atoms with Gasteiger partial charge in [0.15, 0.2) is 0 Å². The Labute approximate surface area is 142 Å². The molecule has 1 heterocycles. The van der Waals surface area contributed by atoms with Crippen LogP contribution in [-0.2, 0) is 11.3 Å². The van der Waals surface area contributed by atoms with Crippen molar-refractivity contribution in [3.63, 3.8) is 0 Å². The Bertz CT molecular complexity index is 636. The molecule has 0 atom stereocenters. The van der Waals surface area contributed by atoms with Gasteiger partial charge >= 0.3 is 0 Å². The van der Waals surface area contributed by atoms with Gasteiger partial charge in [-0.1, -0.05) is 44.2 Å². The molecule has 0 saturated heterocycles. The van der Waals surface area contributed by atoms with Gasteiger partial charge in [0, 0.05) is 13.1 Å². The second-order valence-corrected chi connectivity index (χ2v) is 6.19. The number of furan rings is 1. The SMILES string of the molecule is CC(C)CCNC(=O)CN(Cc1ccccc1)C(=O)c1ccoc1. The van der Waals surface area contributed by atoms with E-state index in [1.54, 1.807) is 6.07 Å². The van der Waals surface area contributed by atoms with Gasteiger partial charge in [0.2, 0.25) is 5.91 Å². The lowest BCUT2D eigenvalue weighted by molar-refractivity contribution is -0.121. The summed E-state index contributed by atoms with van der Waals surface area (Å²) in [6.07, 6.45) is 3.77. The molecule has 0 bridgehead atoms. The van der Waals surface area contributed by atoms with Crippen molar-refractivity contribution in [2.75, 3.05) is 13.1 Å². The minimum atomic E-state index is -0.216. The van der Waals surface area contributed by atoms with Crippen LogP contribution >= 0.6 is 0 Å². The Hall–Kier alpha value is -2.56. The van der Waals surface area contributed by atoms with E-state index in [2.05, 4.69) is 19.2 Å². The van der Waals surface area contributed by atoms with Crippen molar-refractivity contribution in [3.05, 3.63) is 60.1 Å². The predicted octanol–water partition coefficient (Wildman–Crippen LogP) is 3.08. The fraction of sp³-hybridized carbons (Fsp3) is 0.368. The van der Waals surface area contributed by atoms with E-state index in [-0.39, 0.29) is 18.4 Å². The van der Waals surface area contributed by atoms with Gasteiger partial charge in [-0.15, -0.1) is 0 Å². The topological polar surface area (TPSA) is 62.6 Å². The molecule has 0 aliphatic heterocycles. The molecule has 0 aliphatic carbocycles.